The molecular formula is C19H13MoN3O3. The first-order valence-electron chi connectivity index (χ1n) is 6.66. The molecule has 7 heteroatoms. The van der Waals surface area contributed by atoms with Gasteiger partial charge in [-0.3, -0.25) is 9.97 Å². The summed E-state index contributed by atoms with van der Waals surface area (Å²) in [5.74, 6) is 0. The van der Waals surface area contributed by atoms with Crippen LogP contribution in [0.5, 0.6) is 0 Å². The molecule has 6 nitrogen and oxygen atoms in total. The van der Waals surface area contributed by atoms with Crippen LogP contribution in [0.15, 0.2) is 67.0 Å². The molecule has 0 saturated heterocycles. The van der Waals surface area contributed by atoms with Crippen molar-refractivity contribution in [1.82, 2.24) is 9.97 Å². The van der Waals surface area contributed by atoms with E-state index in [2.05, 4.69) is 37.0 Å². The van der Waals surface area contributed by atoms with Gasteiger partial charge in [-0.25, -0.2) is 0 Å². The molecule has 3 aromatic heterocycles. The van der Waals surface area contributed by atoms with Crippen LogP contribution in [0.25, 0.3) is 22.8 Å². The predicted molar refractivity (Wildman–Crippen MR) is 85.6 cm³/mol. The average molecular weight is 427 g/mol. The monoisotopic (exact) mass is 429 g/mol. The van der Waals surface area contributed by atoms with Crippen LogP contribution >= 0.6 is 0 Å². The van der Waals surface area contributed by atoms with Crippen LogP contribution in [0.3, 0.4) is 0 Å². The minimum Gasteiger partial charge on any atom is -0.332 e. The summed E-state index contributed by atoms with van der Waals surface area (Å²) in [5, 5.41) is 0. The fourth-order valence-corrected chi connectivity index (χ4v) is 1.94. The molecule has 0 bridgehead atoms. The summed E-state index contributed by atoms with van der Waals surface area (Å²) in [6, 6.07) is 17.7. The van der Waals surface area contributed by atoms with Gasteiger partial charge in [0.25, 0.3) is 0 Å². The number of hydrogen-bond acceptors (Lipinski definition) is 2. The number of pyridine rings is 3. The van der Waals surface area contributed by atoms with Crippen molar-refractivity contribution >= 4 is 0 Å². The van der Waals surface area contributed by atoms with Crippen molar-refractivity contribution in [3.05, 3.63) is 94.0 Å². The normalized spacial score (nSPS) is 7.77. The van der Waals surface area contributed by atoms with Crippen LogP contribution in [0.4, 0.5) is 0 Å². The van der Waals surface area contributed by atoms with E-state index in [1.54, 1.807) is 6.20 Å². The zero-order valence-corrected chi connectivity index (χ0v) is 15.5. The molecule has 0 aliphatic carbocycles. The molecule has 0 unspecified atom stereocenters. The van der Waals surface area contributed by atoms with Crippen LogP contribution in [0.2, 0.25) is 0 Å². The average Bonchev–Trinajstić information content (AvgIpc) is 2.74. The summed E-state index contributed by atoms with van der Waals surface area (Å²) in [5.41, 5.74) is 3.59. The topological polar surface area (TPSA) is 89.4 Å². The van der Waals surface area contributed by atoms with Crippen molar-refractivity contribution < 1.29 is 39.6 Å². The molecule has 128 valence electrons. The number of aromatic nitrogens is 3. The second-order valence-corrected chi connectivity index (χ2v) is 4.18. The molecule has 0 saturated carbocycles. The minimum absolute atomic E-state index is 0. The Labute approximate surface area is 166 Å². The second kappa shape index (κ2) is 15.7. The number of nitrogens with zero attached hydrogens (tertiary/aromatic N) is 3. The summed E-state index contributed by atoms with van der Waals surface area (Å²) in [7, 11) is 3.96. The van der Waals surface area contributed by atoms with Gasteiger partial charge in [-0.05, 0) is 30.3 Å². The van der Waals surface area contributed by atoms with Gasteiger partial charge < -0.3 is 4.57 Å². The van der Waals surface area contributed by atoms with Gasteiger partial charge in [-0.1, -0.05) is 24.3 Å². The van der Waals surface area contributed by atoms with Crippen molar-refractivity contribution in [2.45, 2.75) is 0 Å². The van der Waals surface area contributed by atoms with Crippen molar-refractivity contribution in [2.75, 3.05) is 0 Å². The summed E-state index contributed by atoms with van der Waals surface area (Å²) in [6.45, 7) is 13.5. The Morgan fingerprint density at radius 1 is 0.731 bits per heavy atom. The molecule has 0 aromatic carbocycles. The molecule has 0 fully saturated rings. The van der Waals surface area contributed by atoms with E-state index in [-0.39, 0.29) is 21.1 Å². The van der Waals surface area contributed by atoms with Gasteiger partial charge >= 0.3 is 33.9 Å². The van der Waals surface area contributed by atoms with Crippen LogP contribution in [-0.2, 0) is 35.0 Å². The maximum atomic E-state index is 7.50. The Bertz CT molecular complexity index is 820. The molecule has 0 radical (unpaired) electrons. The molecule has 3 rings (SSSR count). The van der Waals surface area contributed by atoms with Crippen LogP contribution in [0, 0.1) is 27.0 Å². The zero-order valence-electron chi connectivity index (χ0n) is 13.5. The zero-order chi connectivity index (χ0) is 19.1. The van der Waals surface area contributed by atoms with Crippen molar-refractivity contribution in [2.24, 2.45) is 0 Å². The quantitative estimate of drug-likeness (QED) is 0.272. The maximum absolute atomic E-state index is 7.50. The van der Waals surface area contributed by atoms with E-state index in [4.69, 9.17) is 14.0 Å². The smallest absolute Gasteiger partial charge is 0.130 e. The Balaban J connectivity index is 0. The van der Waals surface area contributed by atoms with Crippen molar-refractivity contribution in [1.29, 1.82) is 0 Å². The molecule has 3 heterocycles. The summed E-state index contributed by atoms with van der Waals surface area (Å²) >= 11 is 0. The predicted octanol–water partition coefficient (Wildman–Crippen LogP) is 2.62. The van der Waals surface area contributed by atoms with Gasteiger partial charge in [0.2, 0.25) is 0 Å². The van der Waals surface area contributed by atoms with E-state index in [1.165, 1.54) is 0 Å². The SMILES string of the molecule is [C-]#[O+].[C-]#[O+].[C-]#[O+].[CH2-][n+]1ccccc1-c1cccc(-c2ccccn2)n1.[Mo]. The molecular weight excluding hydrogens is 414 g/mol. The van der Waals surface area contributed by atoms with E-state index in [9.17, 15) is 0 Å². The maximum Gasteiger partial charge on any atom is 0.130 e. The number of hydrogen-bond donors (Lipinski definition) is 0. The molecule has 0 spiro atoms. The third kappa shape index (κ3) is 7.41. The Morgan fingerprint density at radius 3 is 1.88 bits per heavy atom. The Kier molecular flexibility index (Phi) is 15.4. The summed E-state index contributed by atoms with van der Waals surface area (Å²) in [6.07, 6.45) is 3.68. The molecule has 26 heavy (non-hydrogen) atoms. The van der Waals surface area contributed by atoms with Crippen LogP contribution in [0.1, 0.15) is 0 Å². The van der Waals surface area contributed by atoms with Crippen molar-refractivity contribution in [3.63, 3.8) is 0 Å². The second-order valence-electron chi connectivity index (χ2n) is 4.18. The molecule has 0 aliphatic heterocycles. The van der Waals surface area contributed by atoms with E-state index in [1.807, 2.05) is 65.4 Å². The number of rotatable bonds is 2. The van der Waals surface area contributed by atoms with E-state index in [0.29, 0.717) is 0 Å². The molecule has 0 amide bonds. The Hall–Kier alpha value is -2.77. The standard InChI is InChI=1S/C16H13N3.3CO.Mo/c1-19-12-5-3-10-16(19)15-9-6-8-14(18-15)13-7-2-4-11-17-13;3*1-2;/h2-12H,1H2;;;;. The third-order valence-corrected chi connectivity index (χ3v) is 2.88. The van der Waals surface area contributed by atoms with Gasteiger partial charge in [0.05, 0.1) is 23.3 Å². The fourth-order valence-electron chi connectivity index (χ4n) is 1.94. The largest absolute Gasteiger partial charge is 0.332 e. The van der Waals surface area contributed by atoms with Gasteiger partial charge in [-0.15, -0.1) is 0 Å². The first kappa shape index (κ1) is 25.5. The third-order valence-electron chi connectivity index (χ3n) is 2.88. The molecule has 3 aromatic rings. The van der Waals surface area contributed by atoms with E-state index >= 15 is 0 Å². The molecule has 0 N–H and O–H groups in total. The van der Waals surface area contributed by atoms with Crippen LogP contribution < -0.4 is 4.57 Å². The molecule has 0 aliphatic rings. The van der Waals surface area contributed by atoms with E-state index in [0.717, 1.165) is 22.8 Å². The summed E-state index contributed by atoms with van der Waals surface area (Å²) in [4.78, 5) is 8.97. The van der Waals surface area contributed by atoms with Gasteiger partial charge in [-0.2, -0.15) is 0 Å². The Morgan fingerprint density at radius 2 is 1.31 bits per heavy atom. The van der Waals surface area contributed by atoms with Gasteiger partial charge in [0, 0.05) is 34.3 Å². The minimum atomic E-state index is 0. The first-order chi connectivity index (χ1) is 12.3. The van der Waals surface area contributed by atoms with E-state index < -0.39 is 0 Å². The van der Waals surface area contributed by atoms with Gasteiger partial charge in [0.15, 0.2) is 0 Å². The first-order valence-corrected chi connectivity index (χ1v) is 6.66. The van der Waals surface area contributed by atoms with Gasteiger partial charge in [0.1, 0.15) is 5.69 Å². The van der Waals surface area contributed by atoms with Crippen molar-refractivity contribution in [3.8, 4) is 22.8 Å². The van der Waals surface area contributed by atoms with Crippen LogP contribution in [-0.4, -0.2) is 9.97 Å². The fraction of sp³-hybridized carbons (Fsp3) is 0. The summed E-state index contributed by atoms with van der Waals surface area (Å²) < 4.78 is 24.3. The molecule has 0 atom stereocenters.